The molecule has 4 nitrogen and oxygen atoms in total. The van der Waals surface area contributed by atoms with Crippen molar-refractivity contribution in [3.8, 4) is 0 Å². The van der Waals surface area contributed by atoms with Gasteiger partial charge in [0.1, 0.15) is 5.82 Å². The Kier molecular flexibility index (Phi) is 3.38. The van der Waals surface area contributed by atoms with Gasteiger partial charge in [0.15, 0.2) is 0 Å². The lowest BCUT2D eigenvalue weighted by Crippen LogP contribution is -2.48. The molecule has 2 heterocycles. The van der Waals surface area contributed by atoms with E-state index in [1.54, 1.807) is 6.20 Å². The van der Waals surface area contributed by atoms with Gasteiger partial charge in [0.2, 0.25) is 0 Å². The van der Waals surface area contributed by atoms with Crippen LogP contribution in [0, 0.1) is 11.7 Å². The maximum Gasteiger partial charge on any atom is 0.303 e. The van der Waals surface area contributed by atoms with E-state index in [1.807, 2.05) is 6.92 Å². The summed E-state index contributed by atoms with van der Waals surface area (Å²) in [6.45, 7) is 3.49. The highest BCUT2D eigenvalue weighted by Crippen LogP contribution is 2.29. The van der Waals surface area contributed by atoms with E-state index in [0.717, 1.165) is 18.7 Å². The Morgan fingerprint density at radius 3 is 2.94 bits per heavy atom. The number of pyridine rings is 1. The van der Waals surface area contributed by atoms with Gasteiger partial charge in [-0.05, 0) is 24.5 Å². The zero-order valence-corrected chi connectivity index (χ0v) is 9.64. The van der Waals surface area contributed by atoms with Crippen LogP contribution in [0.25, 0.3) is 0 Å². The van der Waals surface area contributed by atoms with Crippen molar-refractivity contribution in [3.05, 3.63) is 29.8 Å². The van der Waals surface area contributed by atoms with Crippen molar-refractivity contribution in [1.29, 1.82) is 0 Å². The molecule has 0 bridgehead atoms. The molecule has 1 unspecified atom stereocenters. The second kappa shape index (κ2) is 4.79. The van der Waals surface area contributed by atoms with Crippen LogP contribution in [0.3, 0.4) is 0 Å². The average molecular weight is 238 g/mol. The molecule has 0 aromatic carbocycles. The fraction of sp³-hybridized carbons (Fsp3) is 0.500. The SMILES string of the molecule is CC(c1cncc(F)c1)N1CC(CC(=O)O)C1. The minimum atomic E-state index is -0.755. The van der Waals surface area contributed by atoms with Crippen LogP contribution in [-0.4, -0.2) is 34.0 Å². The number of aromatic nitrogens is 1. The maximum absolute atomic E-state index is 13.0. The molecule has 17 heavy (non-hydrogen) atoms. The van der Waals surface area contributed by atoms with E-state index in [-0.39, 0.29) is 24.2 Å². The average Bonchev–Trinajstić information content (AvgIpc) is 2.21. The predicted octanol–water partition coefficient (Wildman–Crippen LogP) is 1.69. The highest BCUT2D eigenvalue weighted by atomic mass is 19.1. The van der Waals surface area contributed by atoms with E-state index >= 15 is 0 Å². The summed E-state index contributed by atoms with van der Waals surface area (Å²) in [6.07, 6.45) is 3.04. The van der Waals surface area contributed by atoms with Crippen LogP contribution in [0.1, 0.15) is 24.9 Å². The van der Waals surface area contributed by atoms with Crippen molar-refractivity contribution in [2.75, 3.05) is 13.1 Å². The Labute approximate surface area is 99.1 Å². The van der Waals surface area contributed by atoms with Crippen molar-refractivity contribution < 1.29 is 14.3 Å². The largest absolute Gasteiger partial charge is 0.481 e. The van der Waals surface area contributed by atoms with Crippen molar-refractivity contribution in [3.63, 3.8) is 0 Å². The van der Waals surface area contributed by atoms with Crippen LogP contribution in [0.15, 0.2) is 18.5 Å². The minimum Gasteiger partial charge on any atom is -0.481 e. The molecule has 0 amide bonds. The van der Waals surface area contributed by atoms with Crippen molar-refractivity contribution in [2.45, 2.75) is 19.4 Å². The molecule has 1 saturated heterocycles. The van der Waals surface area contributed by atoms with E-state index in [9.17, 15) is 9.18 Å². The highest BCUT2D eigenvalue weighted by molar-refractivity contribution is 5.67. The molecular formula is C12H15FN2O2. The standard InChI is InChI=1S/C12H15FN2O2/c1-8(10-3-11(13)5-14-4-10)15-6-9(7-15)2-12(16)17/h3-5,8-9H,2,6-7H2,1H3,(H,16,17). The molecule has 5 heteroatoms. The van der Waals surface area contributed by atoms with E-state index < -0.39 is 5.97 Å². The zero-order valence-electron chi connectivity index (χ0n) is 9.64. The lowest BCUT2D eigenvalue weighted by molar-refractivity contribution is -0.139. The van der Waals surface area contributed by atoms with E-state index in [2.05, 4.69) is 9.88 Å². The van der Waals surface area contributed by atoms with Gasteiger partial charge < -0.3 is 5.11 Å². The number of rotatable bonds is 4. The molecule has 1 N–H and O–H groups in total. The van der Waals surface area contributed by atoms with Crippen LogP contribution in [0.4, 0.5) is 4.39 Å². The third-order valence-corrected chi connectivity index (χ3v) is 3.20. The molecule has 1 atom stereocenters. The maximum atomic E-state index is 13.0. The van der Waals surface area contributed by atoms with Crippen LogP contribution in [0.2, 0.25) is 0 Å². The van der Waals surface area contributed by atoms with Crippen molar-refractivity contribution >= 4 is 5.97 Å². The molecule has 1 aliphatic heterocycles. The molecular weight excluding hydrogens is 223 g/mol. The molecule has 1 fully saturated rings. The summed E-state index contributed by atoms with van der Waals surface area (Å²) in [7, 11) is 0. The molecule has 0 saturated carbocycles. The lowest BCUT2D eigenvalue weighted by atomic mass is 9.93. The Bertz CT molecular complexity index is 419. The number of halogens is 1. The first-order chi connectivity index (χ1) is 8.06. The second-order valence-corrected chi connectivity index (χ2v) is 4.53. The Balaban J connectivity index is 1.91. The van der Waals surface area contributed by atoms with E-state index in [4.69, 9.17) is 5.11 Å². The number of likely N-dealkylation sites (tertiary alicyclic amines) is 1. The fourth-order valence-corrected chi connectivity index (χ4v) is 2.17. The Morgan fingerprint density at radius 2 is 2.35 bits per heavy atom. The summed E-state index contributed by atoms with van der Waals surface area (Å²) in [5, 5.41) is 8.65. The van der Waals surface area contributed by atoms with Crippen molar-refractivity contribution in [2.24, 2.45) is 5.92 Å². The molecule has 0 aliphatic carbocycles. The van der Waals surface area contributed by atoms with Gasteiger partial charge in [0, 0.05) is 25.3 Å². The second-order valence-electron chi connectivity index (χ2n) is 4.53. The van der Waals surface area contributed by atoms with Gasteiger partial charge in [0.05, 0.1) is 12.6 Å². The number of hydrogen-bond donors (Lipinski definition) is 1. The summed E-state index contributed by atoms with van der Waals surface area (Å²) in [5.74, 6) is -0.872. The summed E-state index contributed by atoms with van der Waals surface area (Å²) in [5.41, 5.74) is 0.832. The van der Waals surface area contributed by atoms with Crippen LogP contribution in [0.5, 0.6) is 0 Å². The smallest absolute Gasteiger partial charge is 0.303 e. The predicted molar refractivity (Wildman–Crippen MR) is 59.9 cm³/mol. The van der Waals surface area contributed by atoms with Crippen LogP contribution >= 0.6 is 0 Å². The molecule has 1 aromatic heterocycles. The Hall–Kier alpha value is -1.49. The Morgan fingerprint density at radius 1 is 1.65 bits per heavy atom. The molecule has 0 radical (unpaired) electrons. The molecule has 0 spiro atoms. The number of aliphatic carboxylic acids is 1. The number of carboxylic acids is 1. The van der Waals surface area contributed by atoms with Crippen LogP contribution < -0.4 is 0 Å². The first-order valence-corrected chi connectivity index (χ1v) is 5.62. The summed E-state index contributed by atoms with van der Waals surface area (Å²) in [6, 6.07) is 1.56. The summed E-state index contributed by atoms with van der Waals surface area (Å²) >= 11 is 0. The lowest BCUT2D eigenvalue weighted by Gasteiger charge is -2.42. The van der Waals surface area contributed by atoms with Gasteiger partial charge in [0.25, 0.3) is 0 Å². The fourth-order valence-electron chi connectivity index (χ4n) is 2.17. The van der Waals surface area contributed by atoms with E-state index in [1.165, 1.54) is 12.3 Å². The number of carboxylic acid groups (broad SMARTS) is 1. The number of nitrogens with zero attached hydrogens (tertiary/aromatic N) is 2. The van der Waals surface area contributed by atoms with Crippen LogP contribution in [-0.2, 0) is 4.79 Å². The van der Waals surface area contributed by atoms with Gasteiger partial charge in [-0.25, -0.2) is 4.39 Å². The normalized spacial score (nSPS) is 18.7. The van der Waals surface area contributed by atoms with Gasteiger partial charge in [-0.2, -0.15) is 0 Å². The third kappa shape index (κ3) is 2.79. The zero-order chi connectivity index (χ0) is 12.4. The van der Waals surface area contributed by atoms with Gasteiger partial charge in [-0.3, -0.25) is 14.7 Å². The summed E-state index contributed by atoms with van der Waals surface area (Å²) in [4.78, 5) is 16.5. The molecule has 1 aromatic rings. The number of carbonyl (C=O) groups is 1. The van der Waals surface area contributed by atoms with Crippen molar-refractivity contribution in [1.82, 2.24) is 9.88 Å². The first-order valence-electron chi connectivity index (χ1n) is 5.62. The van der Waals surface area contributed by atoms with Gasteiger partial charge in [-0.1, -0.05) is 0 Å². The topological polar surface area (TPSA) is 53.4 Å². The first kappa shape index (κ1) is 12.0. The molecule has 1 aliphatic rings. The summed E-state index contributed by atoms with van der Waals surface area (Å²) < 4.78 is 13.0. The molecule has 92 valence electrons. The third-order valence-electron chi connectivity index (χ3n) is 3.20. The highest BCUT2D eigenvalue weighted by Gasteiger charge is 2.32. The monoisotopic (exact) mass is 238 g/mol. The quantitative estimate of drug-likeness (QED) is 0.867. The van der Waals surface area contributed by atoms with Gasteiger partial charge in [-0.15, -0.1) is 0 Å². The van der Waals surface area contributed by atoms with E-state index in [0.29, 0.717) is 0 Å². The molecule has 2 rings (SSSR count). The van der Waals surface area contributed by atoms with Gasteiger partial charge >= 0.3 is 5.97 Å². The minimum absolute atomic E-state index is 0.0863. The number of hydrogen-bond acceptors (Lipinski definition) is 3.